The van der Waals surface area contributed by atoms with Crippen LogP contribution in [0.2, 0.25) is 0 Å². The molecule has 0 radical (unpaired) electrons. The van der Waals surface area contributed by atoms with Gasteiger partial charge >= 0.3 is 0 Å². The number of aromatic hydroxyl groups is 1. The Labute approximate surface area is 136 Å². The molecule has 0 aliphatic rings. The van der Waals surface area contributed by atoms with Crippen LogP contribution in [0.1, 0.15) is 0 Å². The summed E-state index contributed by atoms with van der Waals surface area (Å²) in [6.45, 7) is 0. The third-order valence-corrected chi connectivity index (χ3v) is 3.23. The molecule has 0 aliphatic heterocycles. The van der Waals surface area contributed by atoms with Crippen molar-refractivity contribution in [2.24, 2.45) is 0 Å². The van der Waals surface area contributed by atoms with Gasteiger partial charge in [-0.2, -0.15) is 4.39 Å². The fourth-order valence-corrected chi connectivity index (χ4v) is 1.90. The van der Waals surface area contributed by atoms with Gasteiger partial charge in [-0.3, -0.25) is 9.59 Å². The maximum Gasteiger partial charge on any atom is 0.252 e. The highest BCUT2D eigenvalue weighted by molar-refractivity contribution is 6.04. The summed E-state index contributed by atoms with van der Waals surface area (Å²) in [4.78, 5) is 24.6. The number of hydrogen-bond donors (Lipinski definition) is 2. The largest absolute Gasteiger partial charge is 0.503 e. The summed E-state index contributed by atoms with van der Waals surface area (Å²) in [7, 11) is 1.52. The van der Waals surface area contributed by atoms with Crippen LogP contribution >= 0.6 is 0 Å². The van der Waals surface area contributed by atoms with Gasteiger partial charge in [0, 0.05) is 18.8 Å². The van der Waals surface area contributed by atoms with E-state index < -0.39 is 23.3 Å². The van der Waals surface area contributed by atoms with E-state index in [1.165, 1.54) is 11.9 Å². The van der Waals surface area contributed by atoms with E-state index in [2.05, 4.69) is 5.32 Å². The van der Waals surface area contributed by atoms with Crippen molar-refractivity contribution in [3.63, 3.8) is 0 Å². The minimum absolute atomic E-state index is 0.218. The molecule has 2 aromatic carbocycles. The number of rotatable bonds is 5. The molecule has 0 saturated heterocycles. The molecule has 2 aromatic rings. The van der Waals surface area contributed by atoms with E-state index in [0.29, 0.717) is 12.0 Å². The number of phenols is 1. The number of anilines is 2. The number of carbonyl (C=O) groups excluding carboxylic acids is 2. The number of amides is 1. The molecule has 124 valence electrons. The van der Waals surface area contributed by atoms with E-state index in [1.807, 2.05) is 0 Å². The number of para-hydroxylation sites is 1. The van der Waals surface area contributed by atoms with Crippen molar-refractivity contribution in [1.82, 2.24) is 0 Å². The Hall–Kier alpha value is -3.22. The monoisotopic (exact) mass is 332 g/mol. The minimum Gasteiger partial charge on any atom is -0.503 e. The van der Waals surface area contributed by atoms with Crippen LogP contribution < -0.4 is 10.2 Å². The summed E-state index contributed by atoms with van der Waals surface area (Å²) in [5.74, 6) is -4.17. The fraction of sp³-hybridized carbons (Fsp3) is 0.0588. The maximum atomic E-state index is 13.3. The molecule has 0 aliphatic carbocycles. The summed E-state index contributed by atoms with van der Waals surface area (Å²) < 4.78 is 26.3. The van der Waals surface area contributed by atoms with Gasteiger partial charge in [0.15, 0.2) is 17.9 Å². The molecule has 2 rings (SSSR count). The molecule has 0 saturated carbocycles. The molecule has 0 heterocycles. The van der Waals surface area contributed by atoms with E-state index in [1.54, 1.807) is 30.3 Å². The van der Waals surface area contributed by atoms with E-state index in [4.69, 9.17) is 0 Å². The fourth-order valence-electron chi connectivity index (χ4n) is 1.90. The predicted octanol–water partition coefficient (Wildman–Crippen LogP) is 2.83. The van der Waals surface area contributed by atoms with Crippen LogP contribution in [0.15, 0.2) is 54.2 Å². The van der Waals surface area contributed by atoms with Crippen LogP contribution in [0.5, 0.6) is 5.75 Å². The third kappa shape index (κ3) is 3.75. The first kappa shape index (κ1) is 17.1. The molecule has 0 fully saturated rings. The highest BCUT2D eigenvalue weighted by Gasteiger charge is 2.14. The number of nitrogens with zero attached hydrogens (tertiary/aromatic N) is 1. The first-order valence-electron chi connectivity index (χ1n) is 6.87. The number of hydrogen-bond acceptors (Lipinski definition) is 4. The minimum atomic E-state index is -1.45. The first-order chi connectivity index (χ1) is 11.4. The molecule has 0 spiro atoms. The van der Waals surface area contributed by atoms with Gasteiger partial charge in [0.05, 0.1) is 11.4 Å². The second-order valence-electron chi connectivity index (χ2n) is 4.83. The average molecular weight is 332 g/mol. The van der Waals surface area contributed by atoms with Crippen molar-refractivity contribution in [2.75, 3.05) is 17.3 Å². The van der Waals surface area contributed by atoms with Crippen molar-refractivity contribution in [3.05, 3.63) is 65.9 Å². The van der Waals surface area contributed by atoms with Gasteiger partial charge in [0.1, 0.15) is 0 Å². The third-order valence-electron chi connectivity index (χ3n) is 3.23. The van der Waals surface area contributed by atoms with Crippen molar-refractivity contribution >= 4 is 23.6 Å². The highest BCUT2D eigenvalue weighted by atomic mass is 19.2. The Kier molecular flexibility index (Phi) is 5.26. The van der Waals surface area contributed by atoms with Crippen LogP contribution in [0, 0.1) is 11.6 Å². The van der Waals surface area contributed by atoms with Crippen LogP contribution in [-0.4, -0.2) is 24.3 Å². The number of aldehydes is 1. The van der Waals surface area contributed by atoms with Gasteiger partial charge in [-0.1, -0.05) is 18.2 Å². The Balaban J connectivity index is 2.22. The summed E-state index contributed by atoms with van der Waals surface area (Å²) >= 11 is 0. The average Bonchev–Trinajstić information content (AvgIpc) is 2.61. The van der Waals surface area contributed by atoms with E-state index in [9.17, 15) is 23.5 Å². The lowest BCUT2D eigenvalue weighted by Crippen LogP contribution is -2.25. The van der Waals surface area contributed by atoms with Crippen molar-refractivity contribution in [1.29, 1.82) is 0 Å². The molecular formula is C17H14F2N2O3. The van der Waals surface area contributed by atoms with Gasteiger partial charge in [-0.25, -0.2) is 4.39 Å². The number of halogens is 2. The van der Waals surface area contributed by atoms with Crippen LogP contribution in [0.3, 0.4) is 0 Å². The molecule has 2 N–H and O–H groups in total. The molecule has 0 aromatic heterocycles. The van der Waals surface area contributed by atoms with Crippen molar-refractivity contribution < 1.29 is 23.5 Å². The van der Waals surface area contributed by atoms with Crippen molar-refractivity contribution in [3.8, 4) is 5.75 Å². The predicted molar refractivity (Wildman–Crippen MR) is 85.6 cm³/mol. The lowest BCUT2D eigenvalue weighted by molar-refractivity contribution is -0.114. The van der Waals surface area contributed by atoms with E-state index in [0.717, 1.165) is 18.2 Å². The Bertz CT molecular complexity index is 792. The van der Waals surface area contributed by atoms with Gasteiger partial charge in [-0.15, -0.1) is 0 Å². The zero-order chi connectivity index (χ0) is 17.7. The molecule has 0 bridgehead atoms. The lowest BCUT2D eigenvalue weighted by atomic mass is 10.2. The zero-order valence-corrected chi connectivity index (χ0v) is 12.7. The molecular weight excluding hydrogens is 318 g/mol. The summed E-state index contributed by atoms with van der Waals surface area (Å²) in [5, 5.41) is 11.9. The Morgan fingerprint density at radius 2 is 1.83 bits per heavy atom. The number of carbonyl (C=O) groups is 2. The lowest BCUT2D eigenvalue weighted by Gasteiger charge is -2.16. The van der Waals surface area contributed by atoms with E-state index in [-0.39, 0.29) is 11.4 Å². The molecule has 0 atom stereocenters. The quantitative estimate of drug-likeness (QED) is 0.502. The van der Waals surface area contributed by atoms with Crippen LogP contribution in [0.4, 0.5) is 20.2 Å². The molecule has 0 unspecified atom stereocenters. The summed E-state index contributed by atoms with van der Waals surface area (Å²) in [5.41, 5.74) is 0.158. The van der Waals surface area contributed by atoms with Gasteiger partial charge in [0.2, 0.25) is 5.82 Å². The van der Waals surface area contributed by atoms with Crippen LogP contribution in [0.25, 0.3) is 0 Å². The number of phenolic OH excluding ortho intramolecular Hbond substituents is 1. The Morgan fingerprint density at radius 3 is 2.46 bits per heavy atom. The van der Waals surface area contributed by atoms with Gasteiger partial charge in [-0.05, 0) is 24.3 Å². The summed E-state index contributed by atoms with van der Waals surface area (Å²) in [6, 6.07) is 10.6. The molecule has 5 nitrogen and oxygen atoms in total. The normalized spacial score (nSPS) is 11.0. The zero-order valence-electron chi connectivity index (χ0n) is 12.7. The number of likely N-dealkylation sites (N-methyl/N-ethyl adjacent to an activating group) is 1. The number of allylic oxidation sites excluding steroid dienone is 1. The smallest absolute Gasteiger partial charge is 0.252 e. The number of nitrogens with one attached hydrogen (secondary N) is 1. The Morgan fingerprint density at radius 1 is 1.17 bits per heavy atom. The van der Waals surface area contributed by atoms with Crippen LogP contribution in [-0.2, 0) is 9.59 Å². The summed E-state index contributed by atoms with van der Waals surface area (Å²) in [6.07, 6.45) is 1.32. The van der Waals surface area contributed by atoms with Gasteiger partial charge < -0.3 is 15.3 Å². The number of benzene rings is 2. The highest BCUT2D eigenvalue weighted by Crippen LogP contribution is 2.29. The van der Waals surface area contributed by atoms with Gasteiger partial charge in [0.25, 0.3) is 5.91 Å². The van der Waals surface area contributed by atoms with E-state index >= 15 is 0 Å². The SMILES string of the molecule is CN(C(=O)/C=C(\C=O)Nc1ccc(F)c(F)c1O)c1ccccc1. The standard InChI is InChI=1S/C17H14F2N2O3/c1-21(12-5-3-2-4-6-12)15(23)9-11(10-22)20-14-8-7-13(18)16(19)17(14)24/h2-10,20,24H,1H3/b11-9+. The molecule has 24 heavy (non-hydrogen) atoms. The second kappa shape index (κ2) is 7.36. The second-order valence-corrected chi connectivity index (χ2v) is 4.83. The maximum absolute atomic E-state index is 13.3. The molecule has 1 amide bonds. The molecule has 7 heteroatoms. The van der Waals surface area contributed by atoms with Crippen molar-refractivity contribution in [2.45, 2.75) is 0 Å². The first-order valence-corrected chi connectivity index (χ1v) is 6.87. The topological polar surface area (TPSA) is 69.6 Å².